The van der Waals surface area contributed by atoms with Crippen LogP contribution < -0.4 is 15.9 Å². The van der Waals surface area contributed by atoms with Gasteiger partial charge in [-0.05, 0) is 24.3 Å². The number of benzene rings is 1. The molecular formula is C20H16FN9O. The monoisotopic (exact) mass is 417 g/mol. The van der Waals surface area contributed by atoms with E-state index < -0.39 is 11.4 Å². The molecule has 0 fully saturated rings. The van der Waals surface area contributed by atoms with E-state index >= 15 is 0 Å². The molecule has 0 amide bonds. The third-order valence-corrected chi connectivity index (χ3v) is 4.76. The summed E-state index contributed by atoms with van der Waals surface area (Å²) in [6.45, 7) is 0.195. The fourth-order valence-electron chi connectivity index (χ4n) is 3.34. The zero-order valence-corrected chi connectivity index (χ0v) is 16.3. The standard InChI is InChI=1S/C20H16FN9O/c1-29(19-17-18(24-10-23-17)25-11-26-19)9-15-27-14-6-2-5-13(21)16(14)20(31)30(15)28-12-4-3-7-22-8-12/h2-8,10-11,28H,9H2,1H3,(H,23,24,25,26). The number of rotatable bonds is 5. The highest BCUT2D eigenvalue weighted by molar-refractivity contribution is 5.82. The van der Waals surface area contributed by atoms with Crippen molar-refractivity contribution in [3.8, 4) is 0 Å². The van der Waals surface area contributed by atoms with Crippen LogP contribution in [0.1, 0.15) is 5.82 Å². The van der Waals surface area contributed by atoms with Crippen LogP contribution in [0.3, 0.4) is 0 Å². The number of nitrogens with one attached hydrogen (secondary N) is 2. The fraction of sp³-hybridized carbons (Fsp3) is 0.100. The Bertz CT molecular complexity index is 1450. The Kier molecular flexibility index (Phi) is 4.47. The number of halogens is 1. The molecule has 1 aromatic carbocycles. The van der Waals surface area contributed by atoms with Crippen LogP contribution in [0, 0.1) is 5.82 Å². The van der Waals surface area contributed by atoms with Crippen LogP contribution in [0.2, 0.25) is 0 Å². The first-order valence-electron chi connectivity index (χ1n) is 9.34. The van der Waals surface area contributed by atoms with Crippen molar-refractivity contribution in [1.82, 2.24) is 34.6 Å². The molecule has 5 rings (SSSR count). The summed E-state index contributed by atoms with van der Waals surface area (Å²) in [4.78, 5) is 39.2. The number of aromatic amines is 1. The van der Waals surface area contributed by atoms with Crippen LogP contribution >= 0.6 is 0 Å². The van der Waals surface area contributed by atoms with Crippen LogP contribution in [0.4, 0.5) is 15.9 Å². The second-order valence-electron chi connectivity index (χ2n) is 6.81. The van der Waals surface area contributed by atoms with Crippen molar-refractivity contribution in [2.45, 2.75) is 6.54 Å². The zero-order chi connectivity index (χ0) is 21.4. The Hall–Kier alpha value is -4.41. The van der Waals surface area contributed by atoms with Gasteiger partial charge in [-0.3, -0.25) is 15.2 Å². The molecule has 2 N–H and O–H groups in total. The molecular weight excluding hydrogens is 401 g/mol. The quantitative estimate of drug-likeness (QED) is 0.447. The average molecular weight is 417 g/mol. The molecule has 0 aliphatic heterocycles. The molecule has 0 saturated carbocycles. The van der Waals surface area contributed by atoms with E-state index in [-0.39, 0.29) is 17.4 Å². The maximum atomic E-state index is 14.4. The highest BCUT2D eigenvalue weighted by atomic mass is 19.1. The Balaban J connectivity index is 1.63. The molecule has 0 atom stereocenters. The molecule has 4 heterocycles. The van der Waals surface area contributed by atoms with E-state index in [1.807, 2.05) is 0 Å². The number of hydrogen-bond acceptors (Lipinski definition) is 8. The summed E-state index contributed by atoms with van der Waals surface area (Å²) in [6, 6.07) is 7.84. The molecule has 0 radical (unpaired) electrons. The van der Waals surface area contributed by atoms with E-state index in [1.165, 1.54) is 29.5 Å². The van der Waals surface area contributed by atoms with Gasteiger partial charge in [0.05, 0.1) is 30.3 Å². The summed E-state index contributed by atoms with van der Waals surface area (Å²) < 4.78 is 15.7. The van der Waals surface area contributed by atoms with Crippen molar-refractivity contribution in [1.29, 1.82) is 0 Å². The van der Waals surface area contributed by atoms with Gasteiger partial charge < -0.3 is 9.88 Å². The molecule has 4 aromatic heterocycles. The number of aromatic nitrogens is 7. The summed E-state index contributed by atoms with van der Waals surface area (Å²) >= 11 is 0. The molecule has 0 spiro atoms. The Morgan fingerprint density at radius 1 is 1.19 bits per heavy atom. The number of hydrogen-bond donors (Lipinski definition) is 2. The van der Waals surface area contributed by atoms with Crippen LogP contribution in [0.15, 0.2) is 60.2 Å². The lowest BCUT2D eigenvalue weighted by atomic mass is 10.2. The third-order valence-electron chi connectivity index (χ3n) is 4.76. The molecule has 31 heavy (non-hydrogen) atoms. The first kappa shape index (κ1) is 18.6. The van der Waals surface area contributed by atoms with Gasteiger partial charge in [0.15, 0.2) is 17.3 Å². The average Bonchev–Trinajstić information content (AvgIpc) is 3.26. The maximum absolute atomic E-state index is 14.4. The summed E-state index contributed by atoms with van der Waals surface area (Å²) in [6.07, 6.45) is 6.13. The van der Waals surface area contributed by atoms with E-state index in [0.29, 0.717) is 28.5 Å². The number of fused-ring (bicyclic) bond motifs is 2. The van der Waals surface area contributed by atoms with Crippen molar-refractivity contribution < 1.29 is 4.39 Å². The lowest BCUT2D eigenvalue weighted by molar-refractivity contribution is 0.634. The minimum Gasteiger partial charge on any atom is -0.350 e. The van der Waals surface area contributed by atoms with E-state index in [2.05, 4.69) is 35.3 Å². The lowest BCUT2D eigenvalue weighted by Gasteiger charge is -2.21. The van der Waals surface area contributed by atoms with Crippen LogP contribution in [-0.2, 0) is 6.54 Å². The number of H-pyrrole nitrogens is 1. The smallest absolute Gasteiger partial charge is 0.283 e. The molecule has 0 aliphatic rings. The van der Waals surface area contributed by atoms with Crippen molar-refractivity contribution in [3.05, 3.63) is 77.4 Å². The lowest BCUT2D eigenvalue weighted by Crippen LogP contribution is -2.34. The van der Waals surface area contributed by atoms with Gasteiger partial charge in [-0.2, -0.15) is 0 Å². The van der Waals surface area contributed by atoms with Crippen molar-refractivity contribution in [2.75, 3.05) is 17.4 Å². The minimum absolute atomic E-state index is 0.0942. The van der Waals surface area contributed by atoms with Gasteiger partial charge in [-0.1, -0.05) is 6.07 Å². The number of imidazole rings is 1. The molecule has 5 aromatic rings. The molecule has 0 aliphatic carbocycles. The van der Waals surface area contributed by atoms with Crippen LogP contribution in [0.25, 0.3) is 22.1 Å². The Morgan fingerprint density at radius 3 is 2.94 bits per heavy atom. The minimum atomic E-state index is -0.633. The van der Waals surface area contributed by atoms with Crippen LogP contribution in [-0.4, -0.2) is 41.6 Å². The van der Waals surface area contributed by atoms with E-state index in [0.717, 1.165) is 0 Å². The largest absolute Gasteiger partial charge is 0.350 e. The van der Waals surface area contributed by atoms with Gasteiger partial charge in [0.2, 0.25) is 0 Å². The van der Waals surface area contributed by atoms with Gasteiger partial charge in [-0.25, -0.2) is 29.0 Å². The topological polar surface area (TPSA) is 118 Å². The van der Waals surface area contributed by atoms with E-state index in [9.17, 15) is 9.18 Å². The summed E-state index contributed by atoms with van der Waals surface area (Å²) in [7, 11) is 1.80. The predicted octanol–water partition coefficient (Wildman–Crippen LogP) is 2.11. The van der Waals surface area contributed by atoms with E-state index in [4.69, 9.17) is 0 Å². The molecule has 0 saturated heterocycles. The van der Waals surface area contributed by atoms with Crippen molar-refractivity contribution >= 4 is 33.6 Å². The van der Waals surface area contributed by atoms with Gasteiger partial charge in [0.1, 0.15) is 23.0 Å². The zero-order valence-electron chi connectivity index (χ0n) is 16.3. The molecule has 10 nitrogen and oxygen atoms in total. The third kappa shape index (κ3) is 3.31. The van der Waals surface area contributed by atoms with Gasteiger partial charge in [0.25, 0.3) is 5.56 Å². The Labute approximate surface area is 174 Å². The molecule has 0 bridgehead atoms. The number of nitrogens with zero attached hydrogens (tertiary/aromatic N) is 7. The van der Waals surface area contributed by atoms with Crippen molar-refractivity contribution in [3.63, 3.8) is 0 Å². The highest BCUT2D eigenvalue weighted by Crippen LogP contribution is 2.20. The summed E-state index contributed by atoms with van der Waals surface area (Å²) in [5.41, 5.74) is 4.44. The predicted molar refractivity (Wildman–Crippen MR) is 113 cm³/mol. The SMILES string of the molecule is CN(Cc1nc2cccc(F)c2c(=O)n1Nc1cccnc1)c1ncnc2nc[nH]c12. The molecule has 154 valence electrons. The second kappa shape index (κ2) is 7.44. The second-order valence-corrected chi connectivity index (χ2v) is 6.81. The fourth-order valence-corrected chi connectivity index (χ4v) is 3.34. The normalized spacial score (nSPS) is 11.2. The Morgan fingerprint density at radius 2 is 2.10 bits per heavy atom. The van der Waals surface area contributed by atoms with E-state index in [1.54, 1.807) is 42.5 Å². The molecule has 0 unspecified atom stereocenters. The maximum Gasteiger partial charge on any atom is 0.283 e. The highest BCUT2D eigenvalue weighted by Gasteiger charge is 2.18. The summed E-state index contributed by atoms with van der Waals surface area (Å²) in [5.74, 6) is 0.316. The van der Waals surface area contributed by atoms with Gasteiger partial charge in [0, 0.05) is 13.2 Å². The van der Waals surface area contributed by atoms with Crippen molar-refractivity contribution in [2.24, 2.45) is 0 Å². The number of pyridine rings is 1. The number of anilines is 2. The summed E-state index contributed by atoms with van der Waals surface area (Å²) in [5, 5.41) is -0.0942. The first-order valence-corrected chi connectivity index (χ1v) is 9.34. The van der Waals surface area contributed by atoms with Gasteiger partial charge in [-0.15, -0.1) is 0 Å². The first-order chi connectivity index (χ1) is 15.1. The van der Waals surface area contributed by atoms with Crippen LogP contribution in [0.5, 0.6) is 0 Å². The molecule has 11 heteroatoms. The van der Waals surface area contributed by atoms with Gasteiger partial charge >= 0.3 is 0 Å².